The van der Waals surface area contributed by atoms with Crippen molar-refractivity contribution in [1.82, 2.24) is 30.8 Å². The fourth-order valence-corrected chi connectivity index (χ4v) is 9.69. The van der Waals surface area contributed by atoms with Gasteiger partial charge in [0.2, 0.25) is 0 Å². The molecular weight excluding hydrogens is 769 g/mol. The Bertz CT molecular complexity index is 2700. The summed E-state index contributed by atoms with van der Waals surface area (Å²) in [6.45, 7) is 21.5. The summed E-state index contributed by atoms with van der Waals surface area (Å²) in [6, 6.07) is 33.8. The first kappa shape index (κ1) is 40.2. The molecule has 8 aromatic rings. The fourth-order valence-electron chi connectivity index (χ4n) is 7.74. The third-order valence-electron chi connectivity index (χ3n) is 11.1. The zero-order valence-electron chi connectivity index (χ0n) is 35.2. The van der Waals surface area contributed by atoms with Crippen molar-refractivity contribution in [2.75, 3.05) is 0 Å². The minimum atomic E-state index is -0.492. The number of hydrogen-bond acceptors (Lipinski definition) is 8. The van der Waals surface area contributed by atoms with Gasteiger partial charge in [-0.05, 0) is 131 Å². The molecule has 0 amide bonds. The van der Waals surface area contributed by atoms with Crippen LogP contribution in [-0.2, 0) is 16.2 Å². The Morgan fingerprint density at radius 2 is 0.831 bits per heavy atom. The number of benzene rings is 6. The van der Waals surface area contributed by atoms with Crippen LogP contribution in [0.2, 0.25) is 0 Å². The molecule has 8 rings (SSSR count). The van der Waals surface area contributed by atoms with Crippen LogP contribution in [0.15, 0.2) is 117 Å². The summed E-state index contributed by atoms with van der Waals surface area (Å²) in [5.41, 5.74) is 11.9. The van der Waals surface area contributed by atoms with Gasteiger partial charge in [0.15, 0.2) is 0 Å². The van der Waals surface area contributed by atoms with Crippen LogP contribution in [-0.4, -0.2) is 41.0 Å². The summed E-state index contributed by atoms with van der Waals surface area (Å²) in [5, 5.41) is 46.7. The van der Waals surface area contributed by atoms with Gasteiger partial charge in [-0.1, -0.05) is 103 Å². The van der Waals surface area contributed by atoms with Crippen molar-refractivity contribution in [3.63, 3.8) is 0 Å². The van der Waals surface area contributed by atoms with Gasteiger partial charge in [-0.25, -0.2) is 0 Å². The van der Waals surface area contributed by atoms with E-state index in [1.165, 1.54) is 0 Å². The molecule has 2 heterocycles. The number of nitrogens with zero attached hydrogens (tertiary/aromatic N) is 4. The van der Waals surface area contributed by atoms with E-state index in [2.05, 4.69) is 173 Å². The van der Waals surface area contributed by atoms with Gasteiger partial charge in [0, 0.05) is 47.3 Å². The number of fused-ring (bicyclic) bond motifs is 2. The average molecular weight is 819 g/mol. The Balaban J connectivity index is 1.29. The van der Waals surface area contributed by atoms with E-state index >= 15 is 0 Å². The van der Waals surface area contributed by atoms with Crippen molar-refractivity contribution in [3.8, 4) is 33.8 Å². The number of rotatable bonds is 8. The molecule has 2 aromatic heterocycles. The molecule has 0 fully saturated rings. The molecule has 4 N–H and O–H groups in total. The molecule has 300 valence electrons. The van der Waals surface area contributed by atoms with E-state index in [1.54, 1.807) is 23.5 Å². The molecule has 0 aliphatic rings. The Morgan fingerprint density at radius 1 is 0.441 bits per heavy atom. The van der Waals surface area contributed by atoms with Crippen molar-refractivity contribution < 1.29 is 10.2 Å². The van der Waals surface area contributed by atoms with E-state index in [0.29, 0.717) is 11.5 Å². The fraction of sp³-hybridized carbons (Fsp3) is 0.265. The molecule has 0 aliphatic heterocycles. The molecule has 0 spiro atoms. The smallest absolute Gasteiger partial charge is 0.127 e. The van der Waals surface area contributed by atoms with E-state index in [1.807, 2.05) is 24.3 Å². The van der Waals surface area contributed by atoms with Crippen molar-refractivity contribution in [1.29, 1.82) is 0 Å². The lowest BCUT2D eigenvalue weighted by Crippen LogP contribution is -2.19. The highest BCUT2D eigenvalue weighted by Crippen LogP contribution is 2.49. The number of aromatic amines is 2. The minimum absolute atomic E-state index is 0.266. The molecule has 0 bridgehead atoms. The van der Waals surface area contributed by atoms with Crippen LogP contribution >= 0.6 is 23.5 Å². The second-order valence-electron chi connectivity index (χ2n) is 18.1. The molecule has 0 saturated carbocycles. The van der Waals surface area contributed by atoms with Crippen LogP contribution in [0, 0.1) is 13.8 Å². The minimum Gasteiger partial charge on any atom is -0.507 e. The van der Waals surface area contributed by atoms with E-state index in [-0.39, 0.29) is 10.8 Å². The second kappa shape index (κ2) is 14.9. The predicted octanol–water partition coefficient (Wildman–Crippen LogP) is 12.8. The third kappa shape index (κ3) is 7.83. The topological polar surface area (TPSA) is 124 Å². The third-order valence-corrected chi connectivity index (χ3v) is 13.3. The van der Waals surface area contributed by atoms with Crippen molar-refractivity contribution in [2.45, 2.75) is 105 Å². The molecular formula is C49H50N6O2S2. The van der Waals surface area contributed by atoms with E-state index < -0.39 is 5.41 Å². The number of aromatic nitrogens is 6. The van der Waals surface area contributed by atoms with Gasteiger partial charge in [0.25, 0.3) is 0 Å². The molecule has 0 unspecified atom stereocenters. The normalized spacial score (nSPS) is 12.5. The maximum Gasteiger partial charge on any atom is 0.127 e. The zero-order valence-corrected chi connectivity index (χ0v) is 36.9. The monoisotopic (exact) mass is 818 g/mol. The Kier molecular flexibility index (Phi) is 10.2. The van der Waals surface area contributed by atoms with Gasteiger partial charge >= 0.3 is 0 Å². The number of nitrogens with one attached hydrogen (secondary N) is 2. The summed E-state index contributed by atoms with van der Waals surface area (Å²) >= 11 is 3.29. The second-order valence-corrected chi connectivity index (χ2v) is 20.3. The first-order valence-electron chi connectivity index (χ1n) is 19.8. The molecule has 6 aromatic carbocycles. The van der Waals surface area contributed by atoms with Crippen LogP contribution in [0.5, 0.6) is 11.5 Å². The van der Waals surface area contributed by atoms with Crippen LogP contribution < -0.4 is 0 Å². The molecule has 0 aliphatic carbocycles. The number of aryl methyl sites for hydroxylation is 2. The Labute approximate surface area is 354 Å². The van der Waals surface area contributed by atoms with Gasteiger partial charge in [-0.2, -0.15) is 30.8 Å². The van der Waals surface area contributed by atoms with Gasteiger partial charge in [-0.15, -0.1) is 0 Å². The lowest BCUT2D eigenvalue weighted by Gasteiger charge is -2.30. The molecule has 0 saturated heterocycles. The van der Waals surface area contributed by atoms with Gasteiger partial charge in [-0.3, -0.25) is 0 Å². The SMILES string of the molecule is Cc1cc(-c2cc(C(C)(C)c3ccc(Sc4ccc5n[nH]nc5c4)c(-c4cc(C)cc(C(C)(C)C)c4O)c3)ccc2Sc2ccc3n[nH]nc3c2)c(O)c(C(C)(C)C)c1. The maximum atomic E-state index is 12.0. The van der Waals surface area contributed by atoms with Crippen molar-refractivity contribution in [3.05, 3.63) is 130 Å². The highest BCUT2D eigenvalue weighted by atomic mass is 32.2. The van der Waals surface area contributed by atoms with Crippen LogP contribution in [0.4, 0.5) is 0 Å². The van der Waals surface area contributed by atoms with Gasteiger partial charge in [0.05, 0.1) is 0 Å². The van der Waals surface area contributed by atoms with Crippen LogP contribution in [0.25, 0.3) is 44.3 Å². The predicted molar refractivity (Wildman–Crippen MR) is 242 cm³/mol. The summed E-state index contributed by atoms with van der Waals surface area (Å²) < 4.78 is 0. The molecule has 0 radical (unpaired) electrons. The van der Waals surface area contributed by atoms with Crippen molar-refractivity contribution in [2.24, 2.45) is 0 Å². The molecule has 59 heavy (non-hydrogen) atoms. The van der Waals surface area contributed by atoms with E-state index in [0.717, 1.165) is 97.3 Å². The van der Waals surface area contributed by atoms with Crippen LogP contribution in [0.1, 0.15) is 88.8 Å². The van der Waals surface area contributed by atoms with Crippen molar-refractivity contribution >= 4 is 45.6 Å². The lowest BCUT2D eigenvalue weighted by atomic mass is 9.76. The van der Waals surface area contributed by atoms with Gasteiger partial charge in [0.1, 0.15) is 33.6 Å². The highest BCUT2D eigenvalue weighted by molar-refractivity contribution is 7.99. The number of phenols is 2. The Hall–Kier alpha value is -5.58. The standard InChI is InChI=1S/C49H50N6O2S2/c1-27-19-35(45(56)37(21-27)47(3,4)5)33-23-29(11-17-43(33)58-31-13-15-39-41(25-31)52-54-50-39)49(9,10)30-12-18-44(59-32-14-16-40-42(26-32)53-55-51-40)34(24-30)36-20-28(2)22-38(46(36)57)48(6,7)8/h11-26,56-57H,1-10H3,(H,50,52,54)(H,51,53,55). The maximum absolute atomic E-state index is 12.0. The van der Waals surface area contributed by atoms with Crippen LogP contribution in [0.3, 0.4) is 0 Å². The Morgan fingerprint density at radius 3 is 1.22 bits per heavy atom. The molecule has 10 heteroatoms. The lowest BCUT2D eigenvalue weighted by molar-refractivity contribution is 0.447. The first-order valence-corrected chi connectivity index (χ1v) is 21.4. The van der Waals surface area contributed by atoms with E-state index in [4.69, 9.17) is 0 Å². The molecule has 0 atom stereocenters. The molecule has 8 nitrogen and oxygen atoms in total. The summed E-state index contributed by atoms with van der Waals surface area (Å²) in [6.07, 6.45) is 0. The number of hydrogen-bond donors (Lipinski definition) is 4. The summed E-state index contributed by atoms with van der Waals surface area (Å²) in [5.74, 6) is 0.591. The quantitative estimate of drug-likeness (QED) is 0.119. The largest absolute Gasteiger partial charge is 0.507 e. The summed E-state index contributed by atoms with van der Waals surface area (Å²) in [4.78, 5) is 4.08. The number of H-pyrrole nitrogens is 2. The zero-order chi connectivity index (χ0) is 42.0. The number of aromatic hydroxyl groups is 2. The van der Waals surface area contributed by atoms with Gasteiger partial charge < -0.3 is 10.2 Å². The summed E-state index contributed by atoms with van der Waals surface area (Å²) in [7, 11) is 0. The highest BCUT2D eigenvalue weighted by Gasteiger charge is 2.29. The average Bonchev–Trinajstić information content (AvgIpc) is 3.85. The first-order chi connectivity index (χ1) is 27.9. The number of phenolic OH excluding ortho intramolecular Hbond substituents is 2. The van der Waals surface area contributed by atoms with E-state index in [9.17, 15) is 10.2 Å².